The van der Waals surface area contributed by atoms with Gasteiger partial charge < -0.3 is 9.64 Å². The van der Waals surface area contributed by atoms with Gasteiger partial charge in [0.1, 0.15) is 5.82 Å². The Balaban J connectivity index is 1.62. The molecule has 0 bridgehead atoms. The molecule has 2 saturated heterocycles. The van der Waals surface area contributed by atoms with E-state index in [-0.39, 0.29) is 0 Å². The third kappa shape index (κ3) is 1.59. The molecule has 0 saturated carbocycles. The Labute approximate surface area is 124 Å². The minimum atomic E-state index is 0.463. The Morgan fingerprint density at radius 2 is 2.00 bits per heavy atom. The number of benzene rings is 1. The van der Waals surface area contributed by atoms with Gasteiger partial charge in [0.05, 0.1) is 24.1 Å². The van der Waals surface area contributed by atoms with Gasteiger partial charge in [0.15, 0.2) is 0 Å². The summed E-state index contributed by atoms with van der Waals surface area (Å²) in [5.74, 6) is 0.874. The molecule has 1 aliphatic carbocycles. The van der Waals surface area contributed by atoms with E-state index in [0.29, 0.717) is 5.41 Å². The summed E-state index contributed by atoms with van der Waals surface area (Å²) in [5, 5.41) is 1.20. The molecule has 0 N–H and O–H groups in total. The molecule has 0 unspecified atom stereocenters. The zero-order chi connectivity index (χ0) is 14.0. The van der Waals surface area contributed by atoms with E-state index in [9.17, 15) is 0 Å². The van der Waals surface area contributed by atoms with Gasteiger partial charge in [-0.15, -0.1) is 0 Å². The molecule has 21 heavy (non-hydrogen) atoms. The fraction of sp³-hybridized carbons (Fsp3) is 0.529. The van der Waals surface area contributed by atoms with Crippen molar-refractivity contribution in [2.75, 3.05) is 31.2 Å². The maximum absolute atomic E-state index is 5.39. The number of anilines is 1. The second-order valence-electron chi connectivity index (χ2n) is 6.91. The van der Waals surface area contributed by atoms with Gasteiger partial charge in [-0.3, -0.25) is 0 Å². The summed E-state index contributed by atoms with van der Waals surface area (Å²) in [6.45, 7) is 6.17. The predicted molar refractivity (Wildman–Crippen MR) is 81.8 cm³/mol. The summed E-state index contributed by atoms with van der Waals surface area (Å²) < 4.78 is 5.39. The van der Waals surface area contributed by atoms with Crippen LogP contribution in [0.3, 0.4) is 0 Å². The maximum Gasteiger partial charge on any atom is 0.125 e. The van der Waals surface area contributed by atoms with Crippen LogP contribution in [0.25, 0.3) is 10.9 Å². The first-order valence-corrected chi connectivity index (χ1v) is 7.85. The molecule has 0 amide bonds. The summed E-state index contributed by atoms with van der Waals surface area (Å²) >= 11 is 0. The van der Waals surface area contributed by atoms with Crippen LogP contribution in [0.4, 0.5) is 5.69 Å². The van der Waals surface area contributed by atoms with Crippen LogP contribution in [-0.4, -0.2) is 36.3 Å². The largest absolute Gasteiger partial charge is 0.380 e. The number of hydrogen-bond donors (Lipinski definition) is 0. The van der Waals surface area contributed by atoms with E-state index in [1.54, 1.807) is 0 Å². The summed E-state index contributed by atoms with van der Waals surface area (Å²) in [4.78, 5) is 11.6. The first-order valence-electron chi connectivity index (χ1n) is 7.85. The molecule has 2 aromatic rings. The standard InChI is InChI=1S/C17H19N3O/c1-11-18-6-12-5-15(20-7-17(8-20)9-21-10-17)13-3-2-4-14(13)16(12)19-11/h5-6H,2-4,7-10H2,1H3. The topological polar surface area (TPSA) is 38.2 Å². The highest BCUT2D eigenvalue weighted by atomic mass is 16.5. The van der Waals surface area contributed by atoms with Gasteiger partial charge >= 0.3 is 0 Å². The van der Waals surface area contributed by atoms with Crippen molar-refractivity contribution in [3.05, 3.63) is 29.2 Å². The fourth-order valence-electron chi connectivity index (χ4n) is 4.14. The lowest BCUT2D eigenvalue weighted by Gasteiger charge is -2.56. The van der Waals surface area contributed by atoms with Crippen molar-refractivity contribution >= 4 is 16.6 Å². The molecule has 0 radical (unpaired) electrons. The van der Waals surface area contributed by atoms with E-state index in [4.69, 9.17) is 9.72 Å². The van der Waals surface area contributed by atoms with Crippen LogP contribution in [0.2, 0.25) is 0 Å². The van der Waals surface area contributed by atoms with E-state index in [0.717, 1.165) is 38.5 Å². The summed E-state index contributed by atoms with van der Waals surface area (Å²) in [5.41, 5.74) is 6.08. The highest BCUT2D eigenvalue weighted by molar-refractivity contribution is 5.88. The normalized spacial score (nSPS) is 22.2. The lowest BCUT2D eigenvalue weighted by molar-refractivity contribution is -0.127. The molecule has 0 atom stereocenters. The molecule has 1 aromatic carbocycles. The van der Waals surface area contributed by atoms with Crippen LogP contribution in [0.1, 0.15) is 23.4 Å². The maximum atomic E-state index is 5.39. The molecule has 108 valence electrons. The first-order chi connectivity index (χ1) is 10.2. The van der Waals surface area contributed by atoms with E-state index in [2.05, 4.69) is 16.0 Å². The zero-order valence-electron chi connectivity index (χ0n) is 12.4. The van der Waals surface area contributed by atoms with Crippen molar-refractivity contribution in [2.24, 2.45) is 5.41 Å². The van der Waals surface area contributed by atoms with Crippen molar-refractivity contribution < 1.29 is 4.74 Å². The number of rotatable bonds is 1. The Morgan fingerprint density at radius 1 is 1.19 bits per heavy atom. The molecule has 5 rings (SSSR count). The molecule has 1 spiro atoms. The molecule has 2 fully saturated rings. The lowest BCUT2D eigenvalue weighted by Crippen LogP contribution is -2.66. The van der Waals surface area contributed by atoms with Gasteiger partial charge in [-0.1, -0.05) is 0 Å². The molecule has 4 heteroatoms. The lowest BCUT2D eigenvalue weighted by atomic mass is 9.77. The quantitative estimate of drug-likeness (QED) is 0.803. The highest BCUT2D eigenvalue weighted by Crippen LogP contribution is 2.44. The Bertz CT molecular complexity index is 743. The van der Waals surface area contributed by atoms with Crippen molar-refractivity contribution in [3.8, 4) is 0 Å². The van der Waals surface area contributed by atoms with Gasteiger partial charge in [-0.05, 0) is 43.4 Å². The molecule has 3 aliphatic rings. The average Bonchev–Trinajstić information content (AvgIpc) is 2.85. The molecule has 3 heterocycles. The van der Waals surface area contributed by atoms with Crippen LogP contribution >= 0.6 is 0 Å². The third-order valence-electron chi connectivity index (χ3n) is 5.25. The Hall–Kier alpha value is -1.68. The van der Waals surface area contributed by atoms with E-state index >= 15 is 0 Å². The minimum Gasteiger partial charge on any atom is -0.380 e. The molecular weight excluding hydrogens is 262 g/mol. The first kappa shape index (κ1) is 11.9. The second-order valence-corrected chi connectivity index (χ2v) is 6.91. The van der Waals surface area contributed by atoms with Gasteiger partial charge in [-0.25, -0.2) is 9.97 Å². The fourth-order valence-corrected chi connectivity index (χ4v) is 4.14. The van der Waals surface area contributed by atoms with Crippen molar-refractivity contribution in [1.29, 1.82) is 0 Å². The van der Waals surface area contributed by atoms with Crippen molar-refractivity contribution in [2.45, 2.75) is 26.2 Å². The highest BCUT2D eigenvalue weighted by Gasteiger charge is 2.49. The SMILES string of the molecule is Cc1ncc2cc(N3CC4(COC4)C3)c3c(c2n1)CCC3. The van der Waals surface area contributed by atoms with Crippen LogP contribution in [0, 0.1) is 12.3 Å². The third-order valence-corrected chi connectivity index (χ3v) is 5.25. The number of aryl methyl sites for hydroxylation is 2. The van der Waals surface area contributed by atoms with E-state index in [1.807, 2.05) is 13.1 Å². The number of nitrogens with zero attached hydrogens (tertiary/aromatic N) is 3. The van der Waals surface area contributed by atoms with Crippen LogP contribution < -0.4 is 4.90 Å². The van der Waals surface area contributed by atoms with E-state index in [1.165, 1.54) is 40.6 Å². The second kappa shape index (κ2) is 3.95. The van der Waals surface area contributed by atoms with E-state index < -0.39 is 0 Å². The van der Waals surface area contributed by atoms with Crippen LogP contribution in [0.5, 0.6) is 0 Å². The summed E-state index contributed by atoms with van der Waals surface area (Å²) in [7, 11) is 0. The summed E-state index contributed by atoms with van der Waals surface area (Å²) in [6.07, 6.45) is 5.61. The Morgan fingerprint density at radius 3 is 2.76 bits per heavy atom. The van der Waals surface area contributed by atoms with Gasteiger partial charge in [0.25, 0.3) is 0 Å². The summed E-state index contributed by atoms with van der Waals surface area (Å²) in [6, 6.07) is 2.31. The monoisotopic (exact) mass is 281 g/mol. The molecule has 2 aliphatic heterocycles. The minimum absolute atomic E-state index is 0.463. The molecular formula is C17H19N3O. The Kier molecular flexibility index (Phi) is 2.24. The number of ether oxygens (including phenoxy) is 1. The number of hydrogen-bond acceptors (Lipinski definition) is 4. The number of fused-ring (bicyclic) bond motifs is 3. The zero-order valence-corrected chi connectivity index (χ0v) is 12.4. The molecule has 4 nitrogen and oxygen atoms in total. The van der Waals surface area contributed by atoms with Gasteiger partial charge in [0, 0.05) is 30.4 Å². The molecule has 1 aromatic heterocycles. The van der Waals surface area contributed by atoms with Gasteiger partial charge in [-0.2, -0.15) is 0 Å². The van der Waals surface area contributed by atoms with Crippen LogP contribution in [0.15, 0.2) is 12.3 Å². The number of aromatic nitrogens is 2. The van der Waals surface area contributed by atoms with Crippen molar-refractivity contribution in [3.63, 3.8) is 0 Å². The van der Waals surface area contributed by atoms with Gasteiger partial charge in [0.2, 0.25) is 0 Å². The van der Waals surface area contributed by atoms with Crippen molar-refractivity contribution in [1.82, 2.24) is 9.97 Å². The smallest absolute Gasteiger partial charge is 0.125 e. The predicted octanol–water partition coefficient (Wildman–Crippen LogP) is 2.26. The van der Waals surface area contributed by atoms with Crippen LogP contribution in [-0.2, 0) is 17.6 Å². The average molecular weight is 281 g/mol.